The molecule has 0 spiro atoms. The molecule has 15 heavy (non-hydrogen) atoms. The third kappa shape index (κ3) is 2.32. The molecule has 0 bridgehead atoms. The predicted molar refractivity (Wildman–Crippen MR) is 61.9 cm³/mol. The van der Waals surface area contributed by atoms with Crippen LogP contribution in [-0.2, 0) is 0 Å². The van der Waals surface area contributed by atoms with E-state index in [9.17, 15) is 0 Å². The Morgan fingerprint density at radius 1 is 1.40 bits per heavy atom. The number of hydrogen-bond acceptors (Lipinski definition) is 2. The number of fused-ring (bicyclic) bond motifs is 1. The predicted octanol–water partition coefficient (Wildman–Crippen LogP) is 2.88. The van der Waals surface area contributed by atoms with Crippen LogP contribution < -0.4 is 10.5 Å². The summed E-state index contributed by atoms with van der Waals surface area (Å²) in [4.78, 5) is 0. The first-order chi connectivity index (χ1) is 7.16. The second-order valence-corrected chi connectivity index (χ2v) is 4.75. The third-order valence-corrected chi connectivity index (χ3v) is 2.86. The summed E-state index contributed by atoms with van der Waals surface area (Å²) in [5.41, 5.74) is 7.28. The molecule has 0 saturated carbocycles. The molecule has 0 radical (unpaired) electrons. The lowest BCUT2D eigenvalue weighted by Crippen LogP contribution is -2.30. The standard InChI is InChI=1S/C13H19NO/c1-9(2)7-10-8-12(14)11-5-3-4-6-13(11)15-10/h3-6,9-10,12H,7-8,14H2,1-2H3. The highest BCUT2D eigenvalue weighted by molar-refractivity contribution is 5.37. The summed E-state index contributed by atoms with van der Waals surface area (Å²) < 4.78 is 5.93. The number of ether oxygens (including phenoxy) is 1. The van der Waals surface area contributed by atoms with E-state index in [0.717, 1.165) is 24.2 Å². The van der Waals surface area contributed by atoms with Gasteiger partial charge in [-0.15, -0.1) is 0 Å². The summed E-state index contributed by atoms with van der Waals surface area (Å²) in [5, 5.41) is 0. The van der Waals surface area contributed by atoms with Crippen LogP contribution in [0.15, 0.2) is 24.3 Å². The Kier molecular flexibility index (Phi) is 2.96. The Labute approximate surface area is 91.4 Å². The summed E-state index contributed by atoms with van der Waals surface area (Å²) >= 11 is 0. The molecule has 82 valence electrons. The lowest BCUT2D eigenvalue weighted by atomic mass is 9.93. The summed E-state index contributed by atoms with van der Waals surface area (Å²) in [5.74, 6) is 1.63. The molecule has 1 aromatic carbocycles. The van der Waals surface area contributed by atoms with Crippen LogP contribution in [0.3, 0.4) is 0 Å². The zero-order valence-corrected chi connectivity index (χ0v) is 9.44. The molecular formula is C13H19NO. The maximum absolute atomic E-state index is 6.13. The van der Waals surface area contributed by atoms with Gasteiger partial charge >= 0.3 is 0 Å². The van der Waals surface area contributed by atoms with Gasteiger partial charge in [0.25, 0.3) is 0 Å². The fourth-order valence-electron chi connectivity index (χ4n) is 2.20. The molecule has 0 aliphatic carbocycles. The molecule has 1 aromatic rings. The van der Waals surface area contributed by atoms with Gasteiger partial charge in [-0.25, -0.2) is 0 Å². The minimum absolute atomic E-state index is 0.138. The fraction of sp³-hybridized carbons (Fsp3) is 0.538. The van der Waals surface area contributed by atoms with E-state index in [2.05, 4.69) is 19.9 Å². The maximum Gasteiger partial charge on any atom is 0.124 e. The second-order valence-electron chi connectivity index (χ2n) is 4.75. The van der Waals surface area contributed by atoms with E-state index in [-0.39, 0.29) is 12.1 Å². The van der Waals surface area contributed by atoms with Crippen LogP contribution in [0.25, 0.3) is 0 Å². The van der Waals surface area contributed by atoms with Gasteiger partial charge in [0, 0.05) is 18.0 Å². The first-order valence-corrected chi connectivity index (χ1v) is 5.68. The van der Waals surface area contributed by atoms with Gasteiger partial charge in [-0.3, -0.25) is 0 Å². The maximum atomic E-state index is 6.13. The summed E-state index contributed by atoms with van der Waals surface area (Å²) in [6.07, 6.45) is 2.31. The molecule has 2 N–H and O–H groups in total. The number of hydrogen-bond donors (Lipinski definition) is 1. The van der Waals surface area contributed by atoms with Gasteiger partial charge in [-0.1, -0.05) is 32.0 Å². The molecule has 1 aliphatic rings. The molecule has 0 fully saturated rings. The number of para-hydroxylation sites is 1. The van der Waals surface area contributed by atoms with Gasteiger partial charge in [-0.05, 0) is 18.4 Å². The Hall–Kier alpha value is -1.02. The van der Waals surface area contributed by atoms with Crippen LogP contribution in [0.5, 0.6) is 5.75 Å². The van der Waals surface area contributed by atoms with Gasteiger partial charge in [0.2, 0.25) is 0 Å². The molecule has 2 heteroatoms. The van der Waals surface area contributed by atoms with Crippen molar-refractivity contribution >= 4 is 0 Å². The van der Waals surface area contributed by atoms with E-state index < -0.39 is 0 Å². The molecule has 0 saturated heterocycles. The van der Waals surface area contributed by atoms with E-state index >= 15 is 0 Å². The largest absolute Gasteiger partial charge is 0.490 e. The van der Waals surface area contributed by atoms with Crippen molar-refractivity contribution in [1.29, 1.82) is 0 Å². The van der Waals surface area contributed by atoms with Gasteiger partial charge in [-0.2, -0.15) is 0 Å². The Morgan fingerprint density at radius 3 is 2.87 bits per heavy atom. The zero-order valence-electron chi connectivity index (χ0n) is 9.44. The van der Waals surface area contributed by atoms with E-state index in [0.29, 0.717) is 5.92 Å². The Bertz CT molecular complexity index is 335. The van der Waals surface area contributed by atoms with Gasteiger partial charge in [0.15, 0.2) is 0 Å². The first-order valence-electron chi connectivity index (χ1n) is 5.68. The van der Waals surface area contributed by atoms with E-state index in [4.69, 9.17) is 10.5 Å². The molecule has 2 atom stereocenters. The molecule has 1 aliphatic heterocycles. The number of benzene rings is 1. The topological polar surface area (TPSA) is 35.2 Å². The van der Waals surface area contributed by atoms with Crippen molar-refractivity contribution in [2.75, 3.05) is 0 Å². The lowest BCUT2D eigenvalue weighted by molar-refractivity contribution is 0.136. The highest BCUT2D eigenvalue weighted by Gasteiger charge is 2.25. The molecule has 0 aromatic heterocycles. The summed E-state index contributed by atoms with van der Waals surface area (Å²) in [6.45, 7) is 4.44. The smallest absolute Gasteiger partial charge is 0.124 e. The molecule has 1 heterocycles. The third-order valence-electron chi connectivity index (χ3n) is 2.86. The number of rotatable bonds is 2. The molecule has 2 rings (SSSR count). The van der Waals surface area contributed by atoms with Crippen molar-refractivity contribution in [2.45, 2.75) is 38.8 Å². The minimum atomic E-state index is 0.138. The summed E-state index contributed by atoms with van der Waals surface area (Å²) in [6, 6.07) is 8.24. The average molecular weight is 205 g/mol. The van der Waals surface area contributed by atoms with Crippen molar-refractivity contribution in [3.05, 3.63) is 29.8 Å². The lowest BCUT2D eigenvalue weighted by Gasteiger charge is -2.31. The quantitative estimate of drug-likeness (QED) is 0.805. The zero-order chi connectivity index (χ0) is 10.8. The average Bonchev–Trinajstić information content (AvgIpc) is 2.16. The van der Waals surface area contributed by atoms with Gasteiger partial charge in [0.1, 0.15) is 11.9 Å². The SMILES string of the molecule is CC(C)CC1CC(N)c2ccccc2O1. The Morgan fingerprint density at radius 2 is 2.13 bits per heavy atom. The highest BCUT2D eigenvalue weighted by Crippen LogP contribution is 2.34. The second kappa shape index (κ2) is 4.23. The van der Waals surface area contributed by atoms with Crippen molar-refractivity contribution in [2.24, 2.45) is 11.7 Å². The van der Waals surface area contributed by atoms with Crippen LogP contribution in [-0.4, -0.2) is 6.10 Å². The minimum Gasteiger partial charge on any atom is -0.490 e. The van der Waals surface area contributed by atoms with Crippen molar-refractivity contribution < 1.29 is 4.74 Å². The first kappa shape index (κ1) is 10.5. The van der Waals surface area contributed by atoms with Crippen molar-refractivity contribution in [3.8, 4) is 5.75 Å². The van der Waals surface area contributed by atoms with Crippen LogP contribution in [0, 0.1) is 5.92 Å². The van der Waals surface area contributed by atoms with Crippen LogP contribution in [0.2, 0.25) is 0 Å². The molecule has 2 unspecified atom stereocenters. The monoisotopic (exact) mass is 205 g/mol. The van der Waals surface area contributed by atoms with Crippen LogP contribution in [0.1, 0.15) is 38.3 Å². The van der Waals surface area contributed by atoms with Crippen LogP contribution >= 0.6 is 0 Å². The van der Waals surface area contributed by atoms with Crippen molar-refractivity contribution in [3.63, 3.8) is 0 Å². The molecule has 0 amide bonds. The summed E-state index contributed by atoms with van der Waals surface area (Å²) in [7, 11) is 0. The van der Waals surface area contributed by atoms with Crippen molar-refractivity contribution in [1.82, 2.24) is 0 Å². The number of nitrogens with two attached hydrogens (primary N) is 1. The fourth-order valence-corrected chi connectivity index (χ4v) is 2.20. The normalized spacial score (nSPS) is 24.8. The Balaban J connectivity index is 2.15. The van der Waals surface area contributed by atoms with E-state index in [1.807, 2.05) is 18.2 Å². The van der Waals surface area contributed by atoms with Gasteiger partial charge < -0.3 is 10.5 Å². The van der Waals surface area contributed by atoms with E-state index in [1.54, 1.807) is 0 Å². The highest BCUT2D eigenvalue weighted by atomic mass is 16.5. The van der Waals surface area contributed by atoms with Gasteiger partial charge in [0.05, 0.1) is 0 Å². The molecule has 2 nitrogen and oxygen atoms in total. The van der Waals surface area contributed by atoms with Crippen LogP contribution in [0.4, 0.5) is 0 Å². The molecular weight excluding hydrogens is 186 g/mol. The van der Waals surface area contributed by atoms with E-state index in [1.165, 1.54) is 0 Å².